The third kappa shape index (κ3) is 4.72. The molecule has 0 amide bonds. The molecule has 4 aromatic carbocycles. The number of pyridine rings is 1. The van der Waals surface area contributed by atoms with Gasteiger partial charge in [-0.3, -0.25) is 0 Å². The van der Waals surface area contributed by atoms with Crippen LogP contribution in [0.3, 0.4) is 0 Å². The molecule has 1 nitrogen and oxygen atoms in total. The molecule has 5 aromatic rings. The van der Waals surface area contributed by atoms with E-state index in [1.54, 1.807) is 0 Å². The zero-order valence-electron chi connectivity index (χ0n) is 17.7. The summed E-state index contributed by atoms with van der Waals surface area (Å²) in [5.41, 5.74) is 1.98. The molecule has 0 radical (unpaired) electrons. The predicted molar refractivity (Wildman–Crippen MR) is 143 cm³/mol. The molecule has 0 spiro atoms. The Hall–Kier alpha value is -2.22. The van der Waals surface area contributed by atoms with Gasteiger partial charge in [-0.2, -0.15) is 0 Å². The van der Waals surface area contributed by atoms with Gasteiger partial charge in [0.2, 0.25) is 0 Å². The van der Waals surface area contributed by atoms with Crippen LogP contribution in [0.1, 0.15) is 5.56 Å². The maximum atomic E-state index is 6.81. The summed E-state index contributed by atoms with van der Waals surface area (Å²) in [6.07, 6.45) is 0.805. The largest absolute Gasteiger partial charge is 1.00 e. The SMILES string of the molecule is Clc1nc2ccc(Br)cc2cc1C[P+](c1ccccc1)(c1ccccc1)c1ccccc1.[Cl-]. The molecule has 0 N–H and O–H groups in total. The maximum absolute atomic E-state index is 6.81. The van der Waals surface area contributed by atoms with E-state index >= 15 is 0 Å². The summed E-state index contributed by atoms with van der Waals surface area (Å²) in [4.78, 5) is 4.74. The normalized spacial score (nSPS) is 11.2. The van der Waals surface area contributed by atoms with Gasteiger partial charge in [0.25, 0.3) is 0 Å². The summed E-state index contributed by atoms with van der Waals surface area (Å²) < 4.78 is 1.04. The third-order valence-corrected chi connectivity index (χ3v) is 11.0. The molecule has 0 aliphatic carbocycles. The highest BCUT2D eigenvalue weighted by Crippen LogP contribution is 2.58. The van der Waals surface area contributed by atoms with E-state index < -0.39 is 7.26 Å². The lowest BCUT2D eigenvalue weighted by molar-refractivity contribution is -0.00000601. The van der Waals surface area contributed by atoms with Gasteiger partial charge in [0.05, 0.1) is 5.52 Å². The van der Waals surface area contributed by atoms with Crippen LogP contribution in [-0.2, 0) is 6.16 Å². The Balaban J connectivity index is 0.00000259. The van der Waals surface area contributed by atoms with E-state index in [1.807, 2.05) is 12.1 Å². The van der Waals surface area contributed by atoms with Crippen LogP contribution < -0.4 is 28.3 Å². The zero-order chi connectivity index (χ0) is 22.0. The maximum Gasteiger partial charge on any atom is 0.136 e. The minimum absolute atomic E-state index is 0. The number of halogens is 3. The number of hydrogen-bond donors (Lipinski definition) is 0. The van der Waals surface area contributed by atoms with Gasteiger partial charge < -0.3 is 12.4 Å². The average molecular weight is 553 g/mol. The fourth-order valence-electron chi connectivity index (χ4n) is 4.30. The zero-order valence-corrected chi connectivity index (χ0v) is 21.7. The van der Waals surface area contributed by atoms with Gasteiger partial charge >= 0.3 is 0 Å². The van der Waals surface area contributed by atoms with E-state index in [2.05, 4.69) is 119 Å². The first kappa shape index (κ1) is 23.9. The molecular weight excluding hydrogens is 532 g/mol. The van der Waals surface area contributed by atoms with Crippen molar-refractivity contribution in [1.82, 2.24) is 4.98 Å². The summed E-state index contributed by atoms with van der Waals surface area (Å²) in [6, 6.07) is 40.9. The smallest absolute Gasteiger partial charge is 0.136 e. The van der Waals surface area contributed by atoms with Gasteiger partial charge in [0, 0.05) is 15.4 Å². The Morgan fingerprint density at radius 3 is 1.64 bits per heavy atom. The van der Waals surface area contributed by atoms with Crippen LogP contribution in [0.4, 0.5) is 0 Å². The van der Waals surface area contributed by atoms with Gasteiger partial charge in [-0.15, -0.1) is 0 Å². The molecule has 1 heterocycles. The number of nitrogens with zero attached hydrogens (tertiary/aromatic N) is 1. The molecule has 0 unspecified atom stereocenters. The highest BCUT2D eigenvalue weighted by molar-refractivity contribution is 9.10. The van der Waals surface area contributed by atoms with Crippen molar-refractivity contribution >= 4 is 61.6 Å². The molecule has 33 heavy (non-hydrogen) atoms. The van der Waals surface area contributed by atoms with Gasteiger partial charge in [-0.05, 0) is 60.7 Å². The van der Waals surface area contributed by atoms with Crippen LogP contribution in [-0.4, -0.2) is 4.98 Å². The highest BCUT2D eigenvalue weighted by atomic mass is 79.9. The lowest BCUT2D eigenvalue weighted by Gasteiger charge is -2.28. The average Bonchev–Trinajstić information content (AvgIpc) is 2.85. The number of fused-ring (bicyclic) bond motifs is 1. The Labute approximate surface area is 214 Å². The second-order valence-corrected chi connectivity index (χ2v) is 12.5. The Morgan fingerprint density at radius 1 is 0.667 bits per heavy atom. The molecule has 0 aliphatic rings. The third-order valence-electron chi connectivity index (χ3n) is 5.80. The lowest BCUT2D eigenvalue weighted by atomic mass is 10.2. The van der Waals surface area contributed by atoms with Crippen molar-refractivity contribution in [3.63, 3.8) is 0 Å². The van der Waals surface area contributed by atoms with Crippen molar-refractivity contribution in [1.29, 1.82) is 0 Å². The number of aromatic nitrogens is 1. The molecule has 1 aromatic heterocycles. The molecule has 5 rings (SSSR count). The molecule has 5 heteroatoms. The quantitative estimate of drug-likeness (QED) is 0.236. The van der Waals surface area contributed by atoms with Crippen LogP contribution in [0.25, 0.3) is 10.9 Å². The van der Waals surface area contributed by atoms with Crippen molar-refractivity contribution in [2.24, 2.45) is 0 Å². The van der Waals surface area contributed by atoms with E-state index in [9.17, 15) is 0 Å². The number of hydrogen-bond acceptors (Lipinski definition) is 1. The fraction of sp³-hybridized carbons (Fsp3) is 0.0357. The summed E-state index contributed by atoms with van der Waals surface area (Å²) in [5, 5.41) is 5.67. The Kier molecular flexibility index (Phi) is 7.51. The monoisotopic (exact) mass is 551 g/mol. The van der Waals surface area contributed by atoms with Gasteiger partial charge in [0.15, 0.2) is 0 Å². The molecule has 0 fully saturated rings. The van der Waals surface area contributed by atoms with Gasteiger partial charge in [0.1, 0.15) is 34.5 Å². The minimum atomic E-state index is -2.03. The van der Waals surface area contributed by atoms with Crippen molar-refractivity contribution in [3.05, 3.63) is 130 Å². The van der Waals surface area contributed by atoms with E-state index in [0.717, 1.165) is 27.1 Å². The fourth-order valence-corrected chi connectivity index (χ4v) is 9.22. The number of benzene rings is 4. The summed E-state index contributed by atoms with van der Waals surface area (Å²) in [6.45, 7) is 0. The van der Waals surface area contributed by atoms with Crippen LogP contribution in [0, 0.1) is 0 Å². The van der Waals surface area contributed by atoms with Gasteiger partial charge in [-0.1, -0.05) is 82.1 Å². The topological polar surface area (TPSA) is 12.9 Å². The summed E-state index contributed by atoms with van der Waals surface area (Å²) >= 11 is 10.4. The van der Waals surface area contributed by atoms with E-state index in [4.69, 9.17) is 16.6 Å². The second-order valence-electron chi connectivity index (χ2n) is 7.75. The molecule has 0 atom stereocenters. The van der Waals surface area contributed by atoms with Crippen LogP contribution in [0.15, 0.2) is 120 Å². The first-order chi connectivity index (χ1) is 15.7. The van der Waals surface area contributed by atoms with Crippen molar-refractivity contribution in [2.45, 2.75) is 6.16 Å². The molecular formula is C28H21BrCl2NP. The van der Waals surface area contributed by atoms with Crippen molar-refractivity contribution in [3.8, 4) is 0 Å². The molecule has 0 aliphatic heterocycles. The standard InChI is InChI=1S/C28H21BrClNP.ClH/c29-23-16-17-27-21(19-23)18-22(28(30)31-27)20-32(24-10-4-1-5-11-24,25-12-6-2-7-13-25)26-14-8-3-9-15-26;/h1-19H,20H2;1H/q+1;/p-1. The van der Waals surface area contributed by atoms with Crippen LogP contribution in [0.5, 0.6) is 0 Å². The first-order valence-corrected chi connectivity index (χ1v) is 13.6. The highest BCUT2D eigenvalue weighted by Gasteiger charge is 2.45. The van der Waals surface area contributed by atoms with Crippen LogP contribution in [0.2, 0.25) is 5.15 Å². The molecule has 0 saturated carbocycles. The molecule has 0 bridgehead atoms. The lowest BCUT2D eigenvalue weighted by Crippen LogP contribution is -3.00. The van der Waals surface area contributed by atoms with Gasteiger partial charge in [-0.25, -0.2) is 4.98 Å². The predicted octanol–water partition coefficient (Wildman–Crippen LogP) is 4.15. The first-order valence-electron chi connectivity index (χ1n) is 10.5. The van der Waals surface area contributed by atoms with E-state index in [-0.39, 0.29) is 12.4 Å². The van der Waals surface area contributed by atoms with Crippen molar-refractivity contribution < 1.29 is 12.4 Å². The summed E-state index contributed by atoms with van der Waals surface area (Å²) in [7, 11) is -2.03. The minimum Gasteiger partial charge on any atom is -1.00 e. The molecule has 0 saturated heterocycles. The van der Waals surface area contributed by atoms with E-state index in [1.165, 1.54) is 15.9 Å². The number of rotatable bonds is 5. The second kappa shape index (κ2) is 10.4. The summed E-state index contributed by atoms with van der Waals surface area (Å²) in [5.74, 6) is 0. The van der Waals surface area contributed by atoms with Crippen molar-refractivity contribution in [2.75, 3.05) is 0 Å². The van der Waals surface area contributed by atoms with Crippen LogP contribution >= 0.6 is 34.8 Å². The molecule has 164 valence electrons. The Morgan fingerprint density at radius 2 is 1.15 bits per heavy atom. The Bertz CT molecular complexity index is 1270. The van der Waals surface area contributed by atoms with E-state index in [0.29, 0.717) is 5.15 Å².